The summed E-state index contributed by atoms with van der Waals surface area (Å²) in [5, 5.41) is 0.915. The standard InChI is InChI=1S/C6H12N2S2/c1-3-7-5(9)6(10)8-4-2/h3-4H2,1-2H3,(H,7,9)(H,8,10)/p-2. The molecule has 0 bridgehead atoms. The summed E-state index contributed by atoms with van der Waals surface area (Å²) in [5.74, 6) is 0. The third-order valence-corrected chi connectivity index (χ3v) is 1.56. The first-order chi connectivity index (χ1) is 4.72. The molecule has 0 radical (unpaired) electrons. The van der Waals surface area contributed by atoms with Crippen molar-refractivity contribution in [3.05, 3.63) is 0 Å². The summed E-state index contributed by atoms with van der Waals surface area (Å²) >= 11 is 9.68. The maximum atomic E-state index is 4.84. The van der Waals surface area contributed by atoms with Crippen molar-refractivity contribution in [3.63, 3.8) is 0 Å². The Balaban J connectivity index is 4.06. The van der Waals surface area contributed by atoms with Crippen LogP contribution in [0, 0.1) is 0 Å². The Hall–Kier alpha value is -0.220. The van der Waals surface area contributed by atoms with E-state index in [2.05, 4.69) is 9.98 Å². The van der Waals surface area contributed by atoms with Crippen LogP contribution in [0.1, 0.15) is 13.8 Å². The Bertz CT molecular complexity index is 134. The van der Waals surface area contributed by atoms with Gasteiger partial charge in [-0.2, -0.15) is 0 Å². The minimum absolute atomic E-state index is 0.458. The van der Waals surface area contributed by atoms with E-state index in [1.54, 1.807) is 0 Å². The molecule has 0 unspecified atom stereocenters. The van der Waals surface area contributed by atoms with Crippen molar-refractivity contribution in [2.45, 2.75) is 13.8 Å². The molecule has 0 saturated heterocycles. The number of hydrogen-bond donors (Lipinski definition) is 0. The summed E-state index contributed by atoms with van der Waals surface area (Å²) in [6.45, 7) is 5.19. The highest BCUT2D eigenvalue weighted by Crippen LogP contribution is 1.82. The second-order valence-electron chi connectivity index (χ2n) is 1.56. The van der Waals surface area contributed by atoms with E-state index in [4.69, 9.17) is 25.3 Å². The van der Waals surface area contributed by atoms with Crippen molar-refractivity contribution in [3.8, 4) is 0 Å². The number of hydrogen-bond acceptors (Lipinski definition) is 4. The third-order valence-electron chi connectivity index (χ3n) is 0.786. The Morgan fingerprint density at radius 3 is 1.50 bits per heavy atom. The van der Waals surface area contributed by atoms with Gasteiger partial charge in [0.05, 0.1) is 0 Å². The molecule has 0 spiro atoms. The summed E-state index contributed by atoms with van der Waals surface area (Å²) in [4.78, 5) is 7.88. The molecule has 0 fully saturated rings. The highest BCUT2D eigenvalue weighted by atomic mass is 32.1. The second kappa shape index (κ2) is 5.56. The monoisotopic (exact) mass is 174 g/mol. The summed E-state index contributed by atoms with van der Waals surface area (Å²) in [5.41, 5.74) is 0. The van der Waals surface area contributed by atoms with Gasteiger partial charge in [-0.1, -0.05) is 10.1 Å². The smallest absolute Gasteiger partial charge is 0.0342 e. The predicted octanol–water partition coefficient (Wildman–Crippen LogP) is 0.917. The molecule has 58 valence electrons. The van der Waals surface area contributed by atoms with Gasteiger partial charge in [0, 0.05) is 13.1 Å². The van der Waals surface area contributed by atoms with Gasteiger partial charge in [0.25, 0.3) is 0 Å². The van der Waals surface area contributed by atoms with Crippen molar-refractivity contribution in [2.24, 2.45) is 9.98 Å². The molecule has 0 aromatic carbocycles. The van der Waals surface area contributed by atoms with E-state index in [0.29, 0.717) is 23.2 Å². The van der Waals surface area contributed by atoms with Crippen molar-refractivity contribution >= 4 is 35.3 Å². The van der Waals surface area contributed by atoms with Crippen LogP contribution in [0.25, 0.3) is 0 Å². The van der Waals surface area contributed by atoms with Crippen LogP contribution in [0.15, 0.2) is 9.98 Å². The van der Waals surface area contributed by atoms with E-state index >= 15 is 0 Å². The molecule has 0 aromatic heterocycles. The van der Waals surface area contributed by atoms with Crippen LogP contribution >= 0.6 is 0 Å². The molecular weight excluding hydrogens is 164 g/mol. The van der Waals surface area contributed by atoms with Crippen molar-refractivity contribution in [2.75, 3.05) is 13.1 Å². The maximum Gasteiger partial charge on any atom is 0.0342 e. The quantitative estimate of drug-likeness (QED) is 0.361. The van der Waals surface area contributed by atoms with Crippen LogP contribution < -0.4 is 0 Å². The zero-order valence-electron chi connectivity index (χ0n) is 6.13. The van der Waals surface area contributed by atoms with E-state index in [0.717, 1.165) is 0 Å². The van der Waals surface area contributed by atoms with Crippen molar-refractivity contribution in [1.29, 1.82) is 0 Å². The lowest BCUT2D eigenvalue weighted by molar-refractivity contribution is 1.13. The van der Waals surface area contributed by atoms with E-state index < -0.39 is 0 Å². The highest BCUT2D eigenvalue weighted by molar-refractivity contribution is 7.92. The molecule has 0 aliphatic heterocycles. The maximum absolute atomic E-state index is 4.84. The molecule has 0 amide bonds. The van der Waals surface area contributed by atoms with Gasteiger partial charge in [0.15, 0.2) is 0 Å². The molecule has 0 N–H and O–H groups in total. The van der Waals surface area contributed by atoms with Crippen LogP contribution in [0.4, 0.5) is 0 Å². The molecule has 2 nitrogen and oxygen atoms in total. The largest absolute Gasteiger partial charge is 0.761 e. The fourth-order valence-electron chi connectivity index (χ4n) is 0.422. The van der Waals surface area contributed by atoms with Crippen molar-refractivity contribution < 1.29 is 0 Å². The number of rotatable bonds is 3. The van der Waals surface area contributed by atoms with Gasteiger partial charge in [-0.25, -0.2) is 0 Å². The van der Waals surface area contributed by atoms with E-state index in [1.165, 1.54) is 0 Å². The van der Waals surface area contributed by atoms with E-state index in [9.17, 15) is 0 Å². The minimum atomic E-state index is 0.458. The summed E-state index contributed by atoms with van der Waals surface area (Å²) < 4.78 is 0. The fraction of sp³-hybridized carbons (Fsp3) is 0.667. The summed E-state index contributed by atoms with van der Waals surface area (Å²) in [6, 6.07) is 0. The predicted molar refractivity (Wildman–Crippen MR) is 50.7 cm³/mol. The van der Waals surface area contributed by atoms with Crippen LogP contribution in [-0.2, 0) is 25.3 Å². The Morgan fingerprint density at radius 1 is 1.00 bits per heavy atom. The van der Waals surface area contributed by atoms with Gasteiger partial charge in [0.1, 0.15) is 0 Å². The first-order valence-electron chi connectivity index (χ1n) is 3.15. The fourth-order valence-corrected chi connectivity index (χ4v) is 0.810. The molecule has 0 aliphatic rings. The highest BCUT2D eigenvalue weighted by Gasteiger charge is 1.74. The van der Waals surface area contributed by atoms with Crippen LogP contribution in [-0.4, -0.2) is 23.2 Å². The van der Waals surface area contributed by atoms with Gasteiger partial charge < -0.3 is 35.2 Å². The Kier molecular flexibility index (Phi) is 5.43. The molecule has 0 aliphatic carbocycles. The zero-order chi connectivity index (χ0) is 7.98. The summed E-state index contributed by atoms with van der Waals surface area (Å²) in [6.07, 6.45) is 0. The lowest BCUT2D eigenvalue weighted by atomic mass is 10.7. The lowest BCUT2D eigenvalue weighted by Gasteiger charge is -2.18. The number of nitrogens with zero attached hydrogens (tertiary/aromatic N) is 2. The minimum Gasteiger partial charge on any atom is -0.761 e. The van der Waals surface area contributed by atoms with Crippen molar-refractivity contribution in [1.82, 2.24) is 0 Å². The second-order valence-corrected chi connectivity index (χ2v) is 2.33. The summed E-state index contributed by atoms with van der Waals surface area (Å²) in [7, 11) is 0. The van der Waals surface area contributed by atoms with Gasteiger partial charge in [-0.05, 0) is 13.8 Å². The number of aliphatic imine (C=N–C) groups is 2. The van der Waals surface area contributed by atoms with Crippen LogP contribution in [0.3, 0.4) is 0 Å². The van der Waals surface area contributed by atoms with Gasteiger partial charge >= 0.3 is 0 Å². The van der Waals surface area contributed by atoms with E-state index in [-0.39, 0.29) is 0 Å². The molecule has 0 heterocycles. The Morgan fingerprint density at radius 2 is 1.30 bits per heavy atom. The molecule has 0 saturated carbocycles. The van der Waals surface area contributed by atoms with Gasteiger partial charge in [-0.3, -0.25) is 0 Å². The Labute approximate surface area is 72.7 Å². The molecule has 10 heavy (non-hydrogen) atoms. The van der Waals surface area contributed by atoms with Crippen LogP contribution in [0.5, 0.6) is 0 Å². The van der Waals surface area contributed by atoms with Gasteiger partial charge in [0.2, 0.25) is 0 Å². The zero-order valence-corrected chi connectivity index (χ0v) is 7.76. The first-order valence-corrected chi connectivity index (χ1v) is 3.97. The van der Waals surface area contributed by atoms with Crippen LogP contribution in [0.2, 0.25) is 0 Å². The first kappa shape index (κ1) is 9.78. The molecule has 0 atom stereocenters. The molecule has 0 aromatic rings. The van der Waals surface area contributed by atoms with E-state index in [1.807, 2.05) is 13.8 Å². The molecule has 0 rings (SSSR count). The molecular formula is C6H10N2S2-2. The average Bonchev–Trinajstić information content (AvgIpc) is 1.89. The lowest BCUT2D eigenvalue weighted by Crippen LogP contribution is -2.08. The third kappa shape index (κ3) is 3.74. The SMILES string of the molecule is CCN=C([S-])C([S-])=NCC. The van der Waals surface area contributed by atoms with Gasteiger partial charge in [-0.15, -0.1) is 0 Å². The average molecular weight is 174 g/mol. The topological polar surface area (TPSA) is 24.7 Å². The normalized spacial score (nSPS) is 13.8. The molecule has 4 heteroatoms.